The summed E-state index contributed by atoms with van der Waals surface area (Å²) < 4.78 is 51.6. The van der Waals surface area contributed by atoms with Crippen molar-refractivity contribution in [3.05, 3.63) is 35.6 Å². The Hall–Kier alpha value is -1.83. The Morgan fingerprint density at radius 1 is 1.40 bits per heavy atom. The molecule has 0 aliphatic rings. The molecule has 2 atom stereocenters. The summed E-state index contributed by atoms with van der Waals surface area (Å²) in [6.45, 7) is 0.910. The molecule has 0 aliphatic heterocycles. The highest BCUT2D eigenvalue weighted by Gasteiger charge is 2.42. The summed E-state index contributed by atoms with van der Waals surface area (Å²) in [6.07, 6.45) is -4.65. The van der Waals surface area contributed by atoms with E-state index in [-0.39, 0.29) is 5.56 Å². The van der Waals surface area contributed by atoms with Crippen molar-refractivity contribution in [1.82, 2.24) is 5.32 Å². The number of benzene rings is 1. The average Bonchev–Trinajstić information content (AvgIpc) is 2.37. The topological polar surface area (TPSA) is 70.6 Å². The molecule has 4 nitrogen and oxygen atoms in total. The first-order chi connectivity index (χ1) is 9.27. The van der Waals surface area contributed by atoms with E-state index >= 15 is 0 Å². The van der Waals surface area contributed by atoms with Crippen LogP contribution in [0.5, 0.6) is 0 Å². The number of nitrogens with zero attached hydrogens (tertiary/aromatic N) is 1. The maximum atomic E-state index is 13.5. The molecule has 0 saturated heterocycles. The van der Waals surface area contributed by atoms with Crippen LogP contribution in [0.3, 0.4) is 0 Å². The van der Waals surface area contributed by atoms with Crippen molar-refractivity contribution >= 4 is 5.84 Å². The normalized spacial score (nSPS) is 15.9. The highest BCUT2D eigenvalue weighted by atomic mass is 19.4. The van der Waals surface area contributed by atoms with E-state index in [1.165, 1.54) is 25.1 Å². The molecule has 0 aliphatic carbocycles. The molecule has 1 aromatic rings. The molecule has 8 heteroatoms. The van der Waals surface area contributed by atoms with E-state index < -0.39 is 36.3 Å². The zero-order chi connectivity index (χ0) is 15.3. The van der Waals surface area contributed by atoms with Gasteiger partial charge in [-0.3, -0.25) is 0 Å². The predicted molar refractivity (Wildman–Crippen MR) is 65.8 cm³/mol. The summed E-state index contributed by atoms with van der Waals surface area (Å²) in [6, 6.07) is 5.12. The fourth-order valence-electron chi connectivity index (χ4n) is 1.69. The monoisotopic (exact) mass is 293 g/mol. The van der Waals surface area contributed by atoms with Gasteiger partial charge in [0.1, 0.15) is 11.7 Å². The van der Waals surface area contributed by atoms with Crippen LogP contribution >= 0.6 is 0 Å². The number of hydrogen-bond acceptors (Lipinski definition) is 3. The van der Waals surface area contributed by atoms with Crippen molar-refractivity contribution in [2.75, 3.05) is 6.54 Å². The number of rotatable bonds is 5. The zero-order valence-electron chi connectivity index (χ0n) is 10.7. The largest absolute Gasteiger partial charge is 0.409 e. The van der Waals surface area contributed by atoms with Crippen LogP contribution < -0.4 is 11.1 Å². The van der Waals surface area contributed by atoms with Gasteiger partial charge in [0.25, 0.3) is 0 Å². The summed E-state index contributed by atoms with van der Waals surface area (Å²) in [4.78, 5) is 0. The lowest BCUT2D eigenvalue weighted by atomic mass is 10.0. The van der Waals surface area contributed by atoms with Gasteiger partial charge in [0.15, 0.2) is 5.84 Å². The van der Waals surface area contributed by atoms with Crippen LogP contribution in [0.2, 0.25) is 0 Å². The molecule has 2 unspecified atom stereocenters. The quantitative estimate of drug-likeness (QED) is 0.257. The van der Waals surface area contributed by atoms with Gasteiger partial charge in [-0.1, -0.05) is 23.4 Å². The van der Waals surface area contributed by atoms with Crippen LogP contribution in [0, 0.1) is 11.7 Å². The van der Waals surface area contributed by atoms with E-state index in [1.807, 2.05) is 0 Å². The molecule has 1 aromatic carbocycles. The first-order valence-electron chi connectivity index (χ1n) is 5.79. The lowest BCUT2D eigenvalue weighted by Crippen LogP contribution is -2.43. The van der Waals surface area contributed by atoms with Crippen LogP contribution in [0.4, 0.5) is 17.6 Å². The zero-order valence-corrected chi connectivity index (χ0v) is 10.7. The molecule has 112 valence electrons. The van der Waals surface area contributed by atoms with Crippen LogP contribution in [0.1, 0.15) is 18.5 Å². The molecular weight excluding hydrogens is 278 g/mol. The van der Waals surface area contributed by atoms with Gasteiger partial charge in [-0.05, 0) is 13.0 Å². The molecule has 4 N–H and O–H groups in total. The minimum absolute atomic E-state index is 0.243. The summed E-state index contributed by atoms with van der Waals surface area (Å²) in [7, 11) is 0. The SMILES string of the molecule is CC(NCC(/C(N)=N/O)C(F)(F)F)c1ccccc1F. The molecule has 0 bridgehead atoms. The average molecular weight is 293 g/mol. The number of halogens is 4. The highest BCUT2D eigenvalue weighted by molar-refractivity contribution is 5.83. The number of alkyl halides is 3. The lowest BCUT2D eigenvalue weighted by molar-refractivity contribution is -0.155. The van der Waals surface area contributed by atoms with Gasteiger partial charge in [-0.25, -0.2) is 4.39 Å². The molecule has 0 saturated carbocycles. The number of oxime groups is 1. The van der Waals surface area contributed by atoms with Crippen molar-refractivity contribution in [2.45, 2.75) is 19.1 Å². The van der Waals surface area contributed by atoms with E-state index in [0.29, 0.717) is 0 Å². The molecule has 0 spiro atoms. The van der Waals surface area contributed by atoms with Gasteiger partial charge in [-0.15, -0.1) is 0 Å². The summed E-state index contributed by atoms with van der Waals surface area (Å²) in [5.74, 6) is -3.59. The predicted octanol–water partition coefficient (Wildman–Crippen LogP) is 2.40. The Morgan fingerprint density at radius 2 is 2.00 bits per heavy atom. The standard InChI is InChI=1S/C12H15F4N3O/c1-7(8-4-2-3-5-10(8)13)18-6-9(11(17)19-20)12(14,15)16/h2-5,7,9,18,20H,6H2,1H3,(H2,17,19). The van der Waals surface area contributed by atoms with Crippen LogP contribution in [0.25, 0.3) is 0 Å². The maximum absolute atomic E-state index is 13.5. The first kappa shape index (κ1) is 16.2. The summed E-state index contributed by atoms with van der Waals surface area (Å²) >= 11 is 0. The van der Waals surface area contributed by atoms with E-state index in [9.17, 15) is 17.6 Å². The van der Waals surface area contributed by atoms with Crippen molar-refractivity contribution in [3.63, 3.8) is 0 Å². The van der Waals surface area contributed by atoms with Crippen LogP contribution in [0.15, 0.2) is 29.4 Å². The Balaban J connectivity index is 2.76. The molecule has 0 fully saturated rings. The minimum Gasteiger partial charge on any atom is -0.409 e. The van der Waals surface area contributed by atoms with Crippen molar-refractivity contribution in [2.24, 2.45) is 16.8 Å². The van der Waals surface area contributed by atoms with E-state index in [1.54, 1.807) is 6.07 Å². The smallest absolute Gasteiger partial charge is 0.400 e. The Morgan fingerprint density at radius 3 is 2.50 bits per heavy atom. The third kappa shape index (κ3) is 4.09. The van der Waals surface area contributed by atoms with Crippen LogP contribution in [-0.2, 0) is 0 Å². The maximum Gasteiger partial charge on any atom is 0.400 e. The van der Waals surface area contributed by atoms with Crippen molar-refractivity contribution in [3.8, 4) is 0 Å². The molecule has 1 rings (SSSR count). The second-order valence-corrected chi connectivity index (χ2v) is 4.27. The van der Waals surface area contributed by atoms with Crippen molar-refractivity contribution < 1.29 is 22.8 Å². The first-order valence-corrected chi connectivity index (χ1v) is 5.79. The van der Waals surface area contributed by atoms with E-state index in [2.05, 4.69) is 10.5 Å². The molecule has 0 aromatic heterocycles. The number of hydrogen-bond donors (Lipinski definition) is 3. The highest BCUT2D eigenvalue weighted by Crippen LogP contribution is 2.27. The number of nitrogens with two attached hydrogens (primary N) is 1. The summed E-state index contributed by atoms with van der Waals surface area (Å²) in [5.41, 5.74) is 5.27. The number of amidine groups is 1. The Bertz CT molecular complexity index is 476. The molecule has 0 radical (unpaired) electrons. The third-order valence-corrected chi connectivity index (χ3v) is 2.87. The van der Waals surface area contributed by atoms with Gasteiger partial charge in [0.2, 0.25) is 0 Å². The molecular formula is C12H15F4N3O. The van der Waals surface area contributed by atoms with Gasteiger partial charge in [0, 0.05) is 18.2 Å². The Labute approximate surface area is 113 Å². The lowest BCUT2D eigenvalue weighted by Gasteiger charge is -2.22. The van der Waals surface area contributed by atoms with Gasteiger partial charge >= 0.3 is 6.18 Å². The van der Waals surface area contributed by atoms with Crippen molar-refractivity contribution in [1.29, 1.82) is 0 Å². The van der Waals surface area contributed by atoms with E-state index in [4.69, 9.17) is 10.9 Å². The molecule has 0 amide bonds. The fraction of sp³-hybridized carbons (Fsp3) is 0.417. The van der Waals surface area contributed by atoms with Gasteiger partial charge < -0.3 is 16.3 Å². The third-order valence-electron chi connectivity index (χ3n) is 2.87. The van der Waals surface area contributed by atoms with E-state index in [0.717, 1.165) is 0 Å². The Kier molecular flexibility index (Phi) is 5.32. The fourth-order valence-corrected chi connectivity index (χ4v) is 1.69. The molecule has 20 heavy (non-hydrogen) atoms. The number of nitrogens with one attached hydrogen (secondary N) is 1. The van der Waals surface area contributed by atoms with Gasteiger partial charge in [-0.2, -0.15) is 13.2 Å². The molecule has 0 heterocycles. The van der Waals surface area contributed by atoms with Gasteiger partial charge in [0.05, 0.1) is 0 Å². The van der Waals surface area contributed by atoms with Crippen LogP contribution in [-0.4, -0.2) is 23.8 Å². The second-order valence-electron chi connectivity index (χ2n) is 4.27. The minimum atomic E-state index is -4.65. The second kappa shape index (κ2) is 6.56. The summed E-state index contributed by atoms with van der Waals surface area (Å²) in [5, 5.41) is 13.3.